The highest BCUT2D eigenvalue weighted by Crippen LogP contribution is 2.29. The first-order valence-corrected chi connectivity index (χ1v) is 10.5. The van der Waals surface area contributed by atoms with E-state index in [4.69, 9.17) is 4.74 Å². The van der Waals surface area contributed by atoms with Crippen molar-refractivity contribution in [2.75, 3.05) is 13.2 Å². The summed E-state index contributed by atoms with van der Waals surface area (Å²) in [5.41, 5.74) is 4.77. The predicted molar refractivity (Wildman–Crippen MR) is 112 cm³/mol. The van der Waals surface area contributed by atoms with Gasteiger partial charge >= 0.3 is 0 Å². The Morgan fingerprint density at radius 3 is 2.55 bits per heavy atom. The Hall–Kier alpha value is -2.82. The molecule has 0 aromatic heterocycles. The number of rotatable bonds is 7. The number of ether oxygens (including phenoxy) is 1. The highest BCUT2D eigenvalue weighted by Gasteiger charge is 2.19. The van der Waals surface area contributed by atoms with Gasteiger partial charge in [-0.1, -0.05) is 36.4 Å². The Bertz CT molecular complexity index is 876. The molecule has 0 atom stereocenters. The fourth-order valence-electron chi connectivity index (χ4n) is 4.13. The van der Waals surface area contributed by atoms with E-state index in [2.05, 4.69) is 11.4 Å². The van der Waals surface area contributed by atoms with Crippen molar-refractivity contribution in [3.05, 3.63) is 64.7 Å². The van der Waals surface area contributed by atoms with E-state index >= 15 is 0 Å². The minimum atomic E-state index is -0.120. The molecule has 0 radical (unpaired) electrons. The molecule has 1 aliphatic carbocycles. The Morgan fingerprint density at radius 2 is 1.76 bits per heavy atom. The number of amides is 2. The molecule has 1 saturated heterocycles. The number of nitrogens with one attached hydrogen (secondary N) is 1. The highest BCUT2D eigenvalue weighted by atomic mass is 16.5. The van der Waals surface area contributed by atoms with Gasteiger partial charge in [-0.2, -0.15) is 0 Å². The van der Waals surface area contributed by atoms with Crippen LogP contribution in [0.15, 0.2) is 42.5 Å². The van der Waals surface area contributed by atoms with Gasteiger partial charge in [0, 0.05) is 26.1 Å². The number of benzene rings is 2. The largest absolute Gasteiger partial charge is 0.483 e. The fraction of sp³-hybridized carbons (Fsp3) is 0.417. The van der Waals surface area contributed by atoms with Gasteiger partial charge < -0.3 is 15.0 Å². The zero-order chi connectivity index (χ0) is 20.1. The molecule has 2 amide bonds. The first-order valence-electron chi connectivity index (χ1n) is 10.5. The standard InChI is InChI=1S/C24H28N2O3/c27-23(17-29-22-8-3-6-20-5-1-2-7-21(20)22)25-15-18-10-12-19(13-11-18)16-26-14-4-9-24(26)28/h3,6,8,10-13H,1-2,4-5,7,9,14-17H2,(H,25,27). The second-order valence-electron chi connectivity index (χ2n) is 7.90. The van der Waals surface area contributed by atoms with Gasteiger partial charge in [0.15, 0.2) is 6.61 Å². The molecule has 1 heterocycles. The Labute approximate surface area is 172 Å². The lowest BCUT2D eigenvalue weighted by Crippen LogP contribution is -2.28. The first kappa shape index (κ1) is 19.5. The molecule has 0 spiro atoms. The van der Waals surface area contributed by atoms with Crippen LogP contribution >= 0.6 is 0 Å². The number of hydrogen-bond acceptors (Lipinski definition) is 3. The van der Waals surface area contributed by atoms with Crippen molar-refractivity contribution in [2.45, 2.75) is 51.6 Å². The third-order valence-electron chi connectivity index (χ3n) is 5.77. The smallest absolute Gasteiger partial charge is 0.258 e. The molecule has 152 valence electrons. The van der Waals surface area contributed by atoms with Gasteiger partial charge in [0.05, 0.1) is 0 Å². The van der Waals surface area contributed by atoms with Crippen molar-refractivity contribution in [1.29, 1.82) is 0 Å². The van der Waals surface area contributed by atoms with Gasteiger partial charge in [0.2, 0.25) is 5.91 Å². The van der Waals surface area contributed by atoms with E-state index in [1.54, 1.807) is 0 Å². The molecular formula is C24H28N2O3. The maximum Gasteiger partial charge on any atom is 0.258 e. The number of fused-ring (bicyclic) bond motifs is 1. The number of aryl methyl sites for hydroxylation is 1. The van der Waals surface area contributed by atoms with Crippen LogP contribution < -0.4 is 10.1 Å². The van der Waals surface area contributed by atoms with Crippen molar-refractivity contribution < 1.29 is 14.3 Å². The Balaban J connectivity index is 1.24. The minimum Gasteiger partial charge on any atom is -0.483 e. The summed E-state index contributed by atoms with van der Waals surface area (Å²) < 4.78 is 5.81. The van der Waals surface area contributed by atoms with Crippen LogP contribution in [0.25, 0.3) is 0 Å². The van der Waals surface area contributed by atoms with E-state index in [9.17, 15) is 9.59 Å². The number of carbonyl (C=O) groups is 2. The van der Waals surface area contributed by atoms with Gasteiger partial charge in [-0.15, -0.1) is 0 Å². The zero-order valence-corrected chi connectivity index (χ0v) is 16.8. The van der Waals surface area contributed by atoms with Gasteiger partial charge in [-0.25, -0.2) is 0 Å². The quantitative estimate of drug-likeness (QED) is 0.786. The first-order chi connectivity index (χ1) is 14.2. The Morgan fingerprint density at radius 1 is 0.966 bits per heavy atom. The maximum atomic E-state index is 12.2. The number of carbonyl (C=O) groups excluding carboxylic acids is 2. The SMILES string of the molecule is O=C(COc1cccc2c1CCCC2)NCc1ccc(CN2CCCC2=O)cc1. The summed E-state index contributed by atoms with van der Waals surface area (Å²) >= 11 is 0. The van der Waals surface area contributed by atoms with Gasteiger partial charge in [0.1, 0.15) is 5.75 Å². The molecule has 1 fully saturated rings. The topological polar surface area (TPSA) is 58.6 Å². The van der Waals surface area contributed by atoms with Crippen molar-refractivity contribution in [1.82, 2.24) is 10.2 Å². The molecule has 2 aromatic rings. The molecule has 0 saturated carbocycles. The molecular weight excluding hydrogens is 364 g/mol. The molecule has 5 heteroatoms. The van der Waals surface area contributed by atoms with Crippen LogP contribution in [0, 0.1) is 0 Å². The molecule has 29 heavy (non-hydrogen) atoms. The van der Waals surface area contributed by atoms with E-state index < -0.39 is 0 Å². The van der Waals surface area contributed by atoms with E-state index in [0.717, 1.165) is 42.7 Å². The van der Waals surface area contributed by atoms with Crippen LogP contribution in [0.2, 0.25) is 0 Å². The summed E-state index contributed by atoms with van der Waals surface area (Å²) in [5.74, 6) is 0.962. The third-order valence-corrected chi connectivity index (χ3v) is 5.77. The third kappa shape index (κ3) is 4.97. The van der Waals surface area contributed by atoms with Crippen LogP contribution in [0.1, 0.15) is 47.9 Å². The van der Waals surface area contributed by atoms with Gasteiger partial charge in [0.25, 0.3) is 5.91 Å². The molecule has 5 nitrogen and oxygen atoms in total. The van der Waals surface area contributed by atoms with Crippen LogP contribution in [0.4, 0.5) is 0 Å². The molecule has 0 bridgehead atoms. The summed E-state index contributed by atoms with van der Waals surface area (Å²) in [4.78, 5) is 25.8. The van der Waals surface area contributed by atoms with Crippen molar-refractivity contribution in [3.8, 4) is 5.75 Å². The Kier molecular flexibility index (Phi) is 6.13. The fourth-order valence-corrected chi connectivity index (χ4v) is 4.13. The summed E-state index contributed by atoms with van der Waals surface area (Å²) in [6, 6.07) is 14.2. The van der Waals surface area contributed by atoms with Gasteiger partial charge in [-0.3, -0.25) is 9.59 Å². The number of hydrogen-bond donors (Lipinski definition) is 1. The average Bonchev–Trinajstić information content (AvgIpc) is 3.16. The lowest BCUT2D eigenvalue weighted by molar-refractivity contribution is -0.128. The number of nitrogens with zero attached hydrogens (tertiary/aromatic N) is 1. The molecule has 2 aliphatic rings. The second-order valence-corrected chi connectivity index (χ2v) is 7.90. The molecule has 1 aliphatic heterocycles. The maximum absolute atomic E-state index is 12.2. The van der Waals surface area contributed by atoms with Crippen molar-refractivity contribution in [3.63, 3.8) is 0 Å². The summed E-state index contributed by atoms with van der Waals surface area (Å²) in [7, 11) is 0. The van der Waals surface area contributed by atoms with Crippen molar-refractivity contribution >= 4 is 11.8 Å². The average molecular weight is 392 g/mol. The molecule has 1 N–H and O–H groups in total. The van der Waals surface area contributed by atoms with Crippen molar-refractivity contribution in [2.24, 2.45) is 0 Å². The second kappa shape index (κ2) is 9.12. The predicted octanol–water partition coefficient (Wildman–Crippen LogP) is 3.38. The van der Waals surface area contributed by atoms with Gasteiger partial charge in [-0.05, 0) is 60.4 Å². The minimum absolute atomic E-state index is 0.0333. The monoisotopic (exact) mass is 392 g/mol. The van der Waals surface area contributed by atoms with E-state index in [0.29, 0.717) is 19.5 Å². The lowest BCUT2D eigenvalue weighted by Gasteiger charge is -2.19. The molecule has 0 unspecified atom stereocenters. The number of likely N-dealkylation sites (tertiary alicyclic amines) is 1. The highest BCUT2D eigenvalue weighted by molar-refractivity contribution is 5.78. The zero-order valence-electron chi connectivity index (χ0n) is 16.8. The summed E-state index contributed by atoms with van der Waals surface area (Å²) in [6.07, 6.45) is 6.16. The normalized spacial score (nSPS) is 15.9. The summed E-state index contributed by atoms with van der Waals surface area (Å²) in [5, 5.41) is 2.92. The van der Waals surface area contributed by atoms with E-state index in [-0.39, 0.29) is 18.4 Å². The van der Waals surface area contributed by atoms with E-state index in [1.165, 1.54) is 24.0 Å². The lowest BCUT2D eigenvalue weighted by atomic mass is 9.91. The van der Waals surface area contributed by atoms with Crippen LogP contribution in [-0.4, -0.2) is 29.9 Å². The molecule has 2 aromatic carbocycles. The van der Waals surface area contributed by atoms with Crippen LogP contribution in [0.3, 0.4) is 0 Å². The van der Waals surface area contributed by atoms with E-state index in [1.807, 2.05) is 41.3 Å². The summed E-state index contributed by atoms with van der Waals surface area (Å²) in [6.45, 7) is 2.02. The van der Waals surface area contributed by atoms with Crippen LogP contribution in [-0.2, 0) is 35.5 Å². The van der Waals surface area contributed by atoms with Crippen LogP contribution in [0.5, 0.6) is 5.75 Å². The molecule has 4 rings (SSSR count).